The van der Waals surface area contributed by atoms with Gasteiger partial charge in [-0.05, 0) is 30.0 Å². The molecule has 0 aromatic heterocycles. The van der Waals surface area contributed by atoms with E-state index >= 15 is 0 Å². The Morgan fingerprint density at radius 3 is 2.71 bits per heavy atom. The number of nitrogens with one attached hydrogen (secondary N) is 1. The number of hydrogen-bond donors (Lipinski definition) is 1. The van der Waals surface area contributed by atoms with Crippen LogP contribution in [0.2, 0.25) is 0 Å². The topological polar surface area (TPSA) is 97.4 Å². The molecule has 7 heteroatoms. The smallest absolute Gasteiger partial charge is 0.271 e. The molecule has 2 aliphatic rings. The maximum Gasteiger partial charge on any atom is 0.271 e. The van der Waals surface area contributed by atoms with E-state index in [1.54, 1.807) is 20.3 Å². The van der Waals surface area contributed by atoms with Gasteiger partial charge in [0, 0.05) is 29.7 Å². The SMILES string of the molecule is COc1ccc([C@@H]2Nc3c(C#N)cc([N+](=O)[O-])cc3[C@@H]3C=CC[C@@H]32)c(OC)c1. The van der Waals surface area contributed by atoms with E-state index in [9.17, 15) is 15.4 Å². The van der Waals surface area contributed by atoms with Gasteiger partial charge in [0.05, 0.1) is 36.4 Å². The summed E-state index contributed by atoms with van der Waals surface area (Å²) in [6.07, 6.45) is 5.01. The van der Waals surface area contributed by atoms with Crippen molar-refractivity contribution < 1.29 is 14.4 Å². The number of nitriles is 1. The summed E-state index contributed by atoms with van der Waals surface area (Å²) in [7, 11) is 3.22. The lowest BCUT2D eigenvalue weighted by Crippen LogP contribution is -2.30. The predicted octanol–water partition coefficient (Wildman–Crippen LogP) is 4.31. The van der Waals surface area contributed by atoms with E-state index in [-0.39, 0.29) is 29.1 Å². The van der Waals surface area contributed by atoms with Gasteiger partial charge in [-0.25, -0.2) is 0 Å². The van der Waals surface area contributed by atoms with Crippen molar-refractivity contribution >= 4 is 11.4 Å². The Kier molecular flexibility index (Phi) is 4.40. The number of anilines is 1. The second-order valence-corrected chi connectivity index (χ2v) is 6.91. The summed E-state index contributed by atoms with van der Waals surface area (Å²) in [5.41, 5.74) is 2.64. The molecule has 2 aromatic carbocycles. The van der Waals surface area contributed by atoms with E-state index in [0.29, 0.717) is 17.2 Å². The fraction of sp³-hybridized carbons (Fsp3) is 0.286. The Morgan fingerprint density at radius 2 is 2.04 bits per heavy atom. The van der Waals surface area contributed by atoms with Gasteiger partial charge in [-0.1, -0.05) is 12.2 Å². The molecular formula is C21H19N3O4. The van der Waals surface area contributed by atoms with Crippen LogP contribution in [0.4, 0.5) is 11.4 Å². The van der Waals surface area contributed by atoms with Crippen LogP contribution in [-0.4, -0.2) is 19.1 Å². The van der Waals surface area contributed by atoms with Crippen LogP contribution in [0.5, 0.6) is 11.5 Å². The highest BCUT2D eigenvalue weighted by Crippen LogP contribution is 2.52. The van der Waals surface area contributed by atoms with Crippen molar-refractivity contribution in [2.75, 3.05) is 19.5 Å². The minimum absolute atomic E-state index is 0.0000535. The zero-order chi connectivity index (χ0) is 19.8. The molecule has 1 heterocycles. The summed E-state index contributed by atoms with van der Waals surface area (Å²) in [5, 5.41) is 24.4. The zero-order valence-electron chi connectivity index (χ0n) is 15.5. The number of non-ortho nitro benzene ring substituents is 1. The van der Waals surface area contributed by atoms with Crippen LogP contribution >= 0.6 is 0 Å². The molecule has 0 saturated heterocycles. The Hall–Kier alpha value is -3.53. The maximum absolute atomic E-state index is 11.3. The van der Waals surface area contributed by atoms with Crippen LogP contribution in [0.1, 0.15) is 35.1 Å². The second-order valence-electron chi connectivity index (χ2n) is 6.91. The van der Waals surface area contributed by atoms with Crippen molar-refractivity contribution in [1.82, 2.24) is 0 Å². The highest BCUT2D eigenvalue weighted by atomic mass is 16.6. The lowest BCUT2D eigenvalue weighted by atomic mass is 9.76. The van der Waals surface area contributed by atoms with Crippen LogP contribution < -0.4 is 14.8 Å². The third-order valence-corrected chi connectivity index (χ3v) is 5.56. The number of ether oxygens (including phenoxy) is 2. The molecule has 0 saturated carbocycles. The van der Waals surface area contributed by atoms with E-state index in [4.69, 9.17) is 9.47 Å². The Morgan fingerprint density at radius 1 is 1.21 bits per heavy atom. The van der Waals surface area contributed by atoms with Gasteiger partial charge in [-0.3, -0.25) is 10.1 Å². The molecule has 0 spiro atoms. The molecule has 0 unspecified atom stereocenters. The lowest BCUT2D eigenvalue weighted by Gasteiger charge is -2.38. The minimum atomic E-state index is -0.451. The molecule has 1 aliphatic heterocycles. The molecule has 0 radical (unpaired) electrons. The molecule has 28 heavy (non-hydrogen) atoms. The van der Waals surface area contributed by atoms with Gasteiger partial charge in [0.2, 0.25) is 0 Å². The van der Waals surface area contributed by atoms with Crippen molar-refractivity contribution in [2.45, 2.75) is 18.4 Å². The predicted molar refractivity (Wildman–Crippen MR) is 104 cm³/mol. The van der Waals surface area contributed by atoms with Crippen molar-refractivity contribution in [3.63, 3.8) is 0 Å². The van der Waals surface area contributed by atoms with Crippen LogP contribution in [0.15, 0.2) is 42.5 Å². The first-order valence-corrected chi connectivity index (χ1v) is 8.95. The number of hydrogen-bond acceptors (Lipinski definition) is 6. The summed E-state index contributed by atoms with van der Waals surface area (Å²) >= 11 is 0. The fourth-order valence-electron chi connectivity index (χ4n) is 4.26. The number of nitro benzene ring substituents is 1. The number of allylic oxidation sites excluding steroid dienone is 2. The highest BCUT2D eigenvalue weighted by molar-refractivity contribution is 5.71. The Bertz CT molecular complexity index is 1030. The molecule has 0 fully saturated rings. The molecule has 142 valence electrons. The van der Waals surface area contributed by atoms with Gasteiger partial charge in [0.25, 0.3) is 5.69 Å². The van der Waals surface area contributed by atoms with Gasteiger partial charge < -0.3 is 14.8 Å². The summed E-state index contributed by atoms with van der Waals surface area (Å²) < 4.78 is 10.9. The number of nitrogens with zero attached hydrogens (tertiary/aromatic N) is 2. The molecule has 4 rings (SSSR count). The van der Waals surface area contributed by atoms with Gasteiger partial charge in [-0.2, -0.15) is 5.26 Å². The van der Waals surface area contributed by atoms with Gasteiger partial charge in [0.1, 0.15) is 17.6 Å². The average Bonchev–Trinajstić information content (AvgIpc) is 3.22. The van der Waals surface area contributed by atoms with Crippen LogP contribution in [0, 0.1) is 27.4 Å². The number of rotatable bonds is 4. The highest BCUT2D eigenvalue weighted by Gasteiger charge is 2.40. The summed E-state index contributed by atoms with van der Waals surface area (Å²) in [4.78, 5) is 10.9. The number of fused-ring (bicyclic) bond motifs is 3. The maximum atomic E-state index is 11.3. The third-order valence-electron chi connectivity index (χ3n) is 5.56. The number of methoxy groups -OCH3 is 2. The lowest BCUT2D eigenvalue weighted by molar-refractivity contribution is -0.384. The zero-order valence-corrected chi connectivity index (χ0v) is 15.5. The van der Waals surface area contributed by atoms with Crippen LogP contribution in [0.3, 0.4) is 0 Å². The van der Waals surface area contributed by atoms with Crippen molar-refractivity contribution in [3.8, 4) is 17.6 Å². The van der Waals surface area contributed by atoms with Gasteiger partial charge >= 0.3 is 0 Å². The third kappa shape index (κ3) is 2.74. The summed E-state index contributed by atoms with van der Waals surface area (Å²) in [6, 6.07) is 10.6. The van der Waals surface area contributed by atoms with Crippen molar-refractivity contribution in [2.24, 2.45) is 5.92 Å². The van der Waals surface area contributed by atoms with E-state index in [1.165, 1.54) is 6.07 Å². The van der Waals surface area contributed by atoms with Crippen molar-refractivity contribution in [3.05, 3.63) is 69.3 Å². The standard InChI is InChI=1S/C21H19N3O4/c1-27-14-6-7-17(19(10-14)28-2)21-16-5-3-4-15(16)18-9-13(24(25)26)8-12(11-22)20(18)23-21/h3-4,6-10,15-16,21,23H,5H2,1-2H3/t15-,16+,21-/m1/s1. The van der Waals surface area contributed by atoms with Crippen molar-refractivity contribution in [1.29, 1.82) is 5.26 Å². The molecule has 3 atom stereocenters. The first kappa shape index (κ1) is 17.9. The summed E-state index contributed by atoms with van der Waals surface area (Å²) in [6.45, 7) is 0. The minimum Gasteiger partial charge on any atom is -0.497 e. The number of nitro groups is 1. The molecule has 0 amide bonds. The average molecular weight is 377 g/mol. The fourth-order valence-corrected chi connectivity index (χ4v) is 4.26. The molecule has 1 aliphatic carbocycles. The van der Waals surface area contributed by atoms with E-state index in [2.05, 4.69) is 23.5 Å². The van der Waals surface area contributed by atoms with Crippen LogP contribution in [0.25, 0.3) is 0 Å². The quantitative estimate of drug-likeness (QED) is 0.484. The molecule has 7 nitrogen and oxygen atoms in total. The number of benzene rings is 2. The van der Waals surface area contributed by atoms with E-state index < -0.39 is 4.92 Å². The van der Waals surface area contributed by atoms with Crippen LogP contribution in [-0.2, 0) is 0 Å². The Labute approximate surface area is 162 Å². The first-order valence-electron chi connectivity index (χ1n) is 8.95. The monoisotopic (exact) mass is 377 g/mol. The summed E-state index contributed by atoms with van der Waals surface area (Å²) in [5.74, 6) is 1.57. The van der Waals surface area contributed by atoms with E-state index in [1.807, 2.05) is 18.2 Å². The molecular weight excluding hydrogens is 358 g/mol. The van der Waals surface area contributed by atoms with Gasteiger partial charge in [-0.15, -0.1) is 0 Å². The van der Waals surface area contributed by atoms with E-state index in [0.717, 1.165) is 17.5 Å². The Balaban J connectivity index is 1.86. The second kappa shape index (κ2) is 6.89. The molecule has 2 aromatic rings. The molecule has 0 bridgehead atoms. The molecule has 1 N–H and O–H groups in total. The normalized spacial score (nSPS) is 21.8. The van der Waals surface area contributed by atoms with Gasteiger partial charge in [0.15, 0.2) is 0 Å². The first-order chi connectivity index (χ1) is 13.6. The largest absolute Gasteiger partial charge is 0.497 e.